The number of amides is 1. The molecule has 0 aromatic heterocycles. The number of carboxylic acids is 1. The minimum Gasteiger partial charge on any atom is -0.872 e. The fraction of sp³-hybridized carbons (Fsp3) is 0. The van der Waals surface area contributed by atoms with E-state index in [9.17, 15) is 19.1 Å². The molecule has 1 N–H and O–H groups in total. The van der Waals surface area contributed by atoms with E-state index < -0.39 is 29.0 Å². The van der Waals surface area contributed by atoms with Crippen LogP contribution in [0.5, 0.6) is 5.75 Å². The van der Waals surface area contributed by atoms with Gasteiger partial charge in [-0.1, -0.05) is 47.9 Å². The smallest absolute Gasteiger partial charge is 0.335 e. The molecule has 0 spiro atoms. The highest BCUT2D eigenvalue weighted by atomic mass is 32.2. The second-order valence-electron chi connectivity index (χ2n) is 5.06. The number of aromatic carboxylic acids is 1. The van der Waals surface area contributed by atoms with Crippen molar-refractivity contribution < 1.29 is 24.2 Å². The number of carbonyl (C=O) groups excluding carboxylic acids is 1. The molecule has 8 heteroatoms. The first kappa shape index (κ1) is 17.1. The Bertz CT molecular complexity index is 942. The van der Waals surface area contributed by atoms with E-state index in [1.165, 1.54) is 30.3 Å². The standard InChI is InChI=1S/C17H10FNO4S2/c18-10-3-1-2-9(6-10)7-14-15(21)19(17(24)25-14)11-4-5-13(20)12(8-11)16(22)23/h1-8,20H,(H,22,23)/p-1/b14-7-. The molecule has 25 heavy (non-hydrogen) atoms. The maximum Gasteiger partial charge on any atom is 0.335 e. The lowest BCUT2D eigenvalue weighted by Crippen LogP contribution is -2.27. The van der Waals surface area contributed by atoms with Crippen molar-refractivity contribution in [1.29, 1.82) is 0 Å². The van der Waals surface area contributed by atoms with E-state index in [2.05, 4.69) is 0 Å². The number of nitrogens with zero attached hydrogens (tertiary/aromatic N) is 1. The summed E-state index contributed by atoms with van der Waals surface area (Å²) < 4.78 is 13.5. The molecule has 1 aliphatic heterocycles. The van der Waals surface area contributed by atoms with Gasteiger partial charge in [-0.3, -0.25) is 9.69 Å². The van der Waals surface area contributed by atoms with Crippen LogP contribution < -0.4 is 10.0 Å². The monoisotopic (exact) mass is 374 g/mol. The van der Waals surface area contributed by atoms with E-state index in [1.807, 2.05) is 0 Å². The first-order valence-electron chi connectivity index (χ1n) is 6.94. The Morgan fingerprint density at radius 2 is 2.04 bits per heavy atom. The quantitative estimate of drug-likeness (QED) is 0.657. The van der Waals surface area contributed by atoms with Gasteiger partial charge in [0.25, 0.3) is 5.91 Å². The van der Waals surface area contributed by atoms with Crippen molar-refractivity contribution in [1.82, 2.24) is 0 Å². The van der Waals surface area contributed by atoms with E-state index in [1.54, 1.807) is 6.07 Å². The highest BCUT2D eigenvalue weighted by Gasteiger charge is 2.33. The summed E-state index contributed by atoms with van der Waals surface area (Å²) in [4.78, 5) is 25.1. The molecule has 2 aromatic rings. The molecule has 1 heterocycles. The highest BCUT2D eigenvalue weighted by molar-refractivity contribution is 8.27. The lowest BCUT2D eigenvalue weighted by atomic mass is 10.1. The van der Waals surface area contributed by atoms with Crippen LogP contribution >= 0.6 is 24.0 Å². The van der Waals surface area contributed by atoms with Gasteiger partial charge in [-0.15, -0.1) is 0 Å². The summed E-state index contributed by atoms with van der Waals surface area (Å²) in [6.45, 7) is 0. The van der Waals surface area contributed by atoms with Gasteiger partial charge in [0.1, 0.15) is 5.82 Å². The Kier molecular flexibility index (Phi) is 4.56. The lowest BCUT2D eigenvalue weighted by molar-refractivity contribution is -0.268. The molecule has 1 amide bonds. The number of rotatable bonds is 3. The number of benzene rings is 2. The average molecular weight is 374 g/mol. The van der Waals surface area contributed by atoms with Crippen LogP contribution in [0.1, 0.15) is 15.9 Å². The Balaban J connectivity index is 1.97. The third kappa shape index (κ3) is 3.40. The fourth-order valence-electron chi connectivity index (χ4n) is 2.26. The summed E-state index contributed by atoms with van der Waals surface area (Å²) in [7, 11) is 0. The zero-order chi connectivity index (χ0) is 18.1. The number of thiocarbonyl (C=S) groups is 1. The van der Waals surface area contributed by atoms with Gasteiger partial charge >= 0.3 is 5.97 Å². The van der Waals surface area contributed by atoms with Crippen molar-refractivity contribution in [2.75, 3.05) is 4.90 Å². The molecule has 1 aliphatic rings. The molecule has 126 valence electrons. The van der Waals surface area contributed by atoms with Gasteiger partial charge in [0.05, 0.1) is 16.2 Å². The molecule has 0 unspecified atom stereocenters. The number of hydrogen-bond donors (Lipinski definition) is 1. The molecule has 0 aliphatic carbocycles. The minimum atomic E-state index is -1.38. The maximum atomic E-state index is 13.3. The molecule has 1 saturated heterocycles. The number of carboxylic acid groups (broad SMARTS) is 1. The minimum absolute atomic E-state index is 0.196. The van der Waals surface area contributed by atoms with Crippen LogP contribution in [0.15, 0.2) is 47.4 Å². The van der Waals surface area contributed by atoms with E-state index in [0.29, 0.717) is 5.56 Å². The molecular formula is C17H9FNO4S2-. The zero-order valence-corrected chi connectivity index (χ0v) is 14.1. The van der Waals surface area contributed by atoms with Crippen molar-refractivity contribution in [3.8, 4) is 5.75 Å². The van der Waals surface area contributed by atoms with Crippen molar-refractivity contribution in [2.24, 2.45) is 0 Å². The van der Waals surface area contributed by atoms with Crippen molar-refractivity contribution in [3.63, 3.8) is 0 Å². The van der Waals surface area contributed by atoms with Crippen LogP contribution in [-0.4, -0.2) is 21.3 Å². The fourth-order valence-corrected chi connectivity index (χ4v) is 3.56. The summed E-state index contributed by atoms with van der Waals surface area (Å²) in [5.41, 5.74) is 0.254. The van der Waals surface area contributed by atoms with E-state index in [4.69, 9.17) is 17.3 Å². The summed E-state index contributed by atoms with van der Waals surface area (Å²) in [6.07, 6.45) is 1.50. The number of anilines is 1. The Morgan fingerprint density at radius 3 is 2.72 bits per heavy atom. The van der Waals surface area contributed by atoms with Crippen molar-refractivity contribution in [2.45, 2.75) is 0 Å². The predicted octanol–water partition coefficient (Wildman–Crippen LogP) is 3.00. The van der Waals surface area contributed by atoms with Gasteiger partial charge in [-0.2, -0.15) is 0 Å². The third-order valence-electron chi connectivity index (χ3n) is 3.39. The summed E-state index contributed by atoms with van der Waals surface area (Å²) in [5, 5.41) is 20.6. The predicted molar refractivity (Wildman–Crippen MR) is 94.9 cm³/mol. The van der Waals surface area contributed by atoms with Crippen LogP contribution in [-0.2, 0) is 4.79 Å². The Morgan fingerprint density at radius 1 is 1.28 bits per heavy atom. The molecule has 0 radical (unpaired) electrons. The van der Waals surface area contributed by atoms with Crippen LogP contribution in [0.4, 0.5) is 10.1 Å². The van der Waals surface area contributed by atoms with Gasteiger partial charge in [0.2, 0.25) is 0 Å². The normalized spacial score (nSPS) is 15.9. The van der Waals surface area contributed by atoms with Crippen LogP contribution in [0.2, 0.25) is 0 Å². The molecular weight excluding hydrogens is 365 g/mol. The third-order valence-corrected chi connectivity index (χ3v) is 4.69. The Labute approximate surface area is 151 Å². The first-order valence-corrected chi connectivity index (χ1v) is 8.17. The number of halogens is 1. The highest BCUT2D eigenvalue weighted by Crippen LogP contribution is 2.37. The van der Waals surface area contributed by atoms with Crippen LogP contribution in [0, 0.1) is 5.82 Å². The SMILES string of the molecule is O=C(O)c1cc(N2C(=O)/C(=C/c3cccc(F)c3)SC2=S)ccc1[O-]. The lowest BCUT2D eigenvalue weighted by Gasteiger charge is -2.18. The number of hydrogen-bond acceptors (Lipinski definition) is 5. The summed E-state index contributed by atoms with van der Waals surface area (Å²) in [5.74, 6) is -2.93. The van der Waals surface area contributed by atoms with E-state index in [0.717, 1.165) is 28.8 Å². The maximum absolute atomic E-state index is 13.3. The van der Waals surface area contributed by atoms with E-state index >= 15 is 0 Å². The Hall–Kier alpha value is -2.71. The van der Waals surface area contributed by atoms with Gasteiger partial charge in [0, 0.05) is 0 Å². The number of thioether (sulfide) groups is 1. The molecule has 3 rings (SSSR count). The average Bonchev–Trinajstić information content (AvgIpc) is 2.82. The summed E-state index contributed by atoms with van der Waals surface area (Å²) >= 11 is 6.20. The van der Waals surface area contributed by atoms with Gasteiger partial charge in [0.15, 0.2) is 4.32 Å². The van der Waals surface area contributed by atoms with E-state index in [-0.39, 0.29) is 14.9 Å². The molecule has 0 saturated carbocycles. The first-order chi connectivity index (χ1) is 11.9. The molecule has 2 aromatic carbocycles. The molecule has 1 fully saturated rings. The van der Waals surface area contributed by atoms with Gasteiger partial charge in [-0.25, -0.2) is 9.18 Å². The van der Waals surface area contributed by atoms with Crippen LogP contribution in [0.3, 0.4) is 0 Å². The molecule has 0 atom stereocenters. The largest absolute Gasteiger partial charge is 0.872 e. The zero-order valence-electron chi connectivity index (χ0n) is 12.4. The second-order valence-corrected chi connectivity index (χ2v) is 6.73. The van der Waals surface area contributed by atoms with Crippen molar-refractivity contribution in [3.05, 3.63) is 64.3 Å². The van der Waals surface area contributed by atoms with Crippen molar-refractivity contribution >= 4 is 51.9 Å². The number of carbonyl (C=O) groups is 2. The topological polar surface area (TPSA) is 80.7 Å². The van der Waals surface area contributed by atoms with Crippen LogP contribution in [0.25, 0.3) is 6.08 Å². The summed E-state index contributed by atoms with van der Waals surface area (Å²) in [6, 6.07) is 9.26. The molecule has 5 nitrogen and oxygen atoms in total. The van der Waals surface area contributed by atoms with Gasteiger partial charge in [-0.05, 0) is 35.9 Å². The molecule has 0 bridgehead atoms. The second kappa shape index (κ2) is 6.66. The van der Waals surface area contributed by atoms with Gasteiger partial charge < -0.3 is 10.2 Å².